The van der Waals surface area contributed by atoms with Gasteiger partial charge in [-0.05, 0) is 47.5 Å². The molecule has 0 fully saturated rings. The van der Waals surface area contributed by atoms with Crippen molar-refractivity contribution in [2.45, 2.75) is 13.3 Å². The van der Waals surface area contributed by atoms with Crippen molar-refractivity contribution in [2.24, 2.45) is 0 Å². The van der Waals surface area contributed by atoms with E-state index < -0.39 is 0 Å². The summed E-state index contributed by atoms with van der Waals surface area (Å²) in [7, 11) is 0. The number of carbonyl (C=O) groups excluding carboxylic acids is 2. The van der Waals surface area contributed by atoms with E-state index in [1.807, 2.05) is 61.5 Å². The number of furan rings is 1. The molecule has 2 amide bonds. The van der Waals surface area contributed by atoms with Crippen LogP contribution in [0, 0.1) is 6.92 Å². The Morgan fingerprint density at radius 1 is 1.03 bits per heavy atom. The summed E-state index contributed by atoms with van der Waals surface area (Å²) >= 11 is 3.40. The van der Waals surface area contributed by atoms with Crippen LogP contribution in [0.2, 0.25) is 0 Å². The average Bonchev–Trinajstić information content (AvgIpc) is 3.12. The second-order valence-corrected chi connectivity index (χ2v) is 7.80. The SMILES string of the molecule is Cc1cc(Br)ccc1NC(=O)CNC(=O)Cc1coc2ccc3ccccc3c12. The minimum Gasteiger partial charge on any atom is -0.464 e. The van der Waals surface area contributed by atoms with Crippen LogP contribution in [0.3, 0.4) is 0 Å². The zero-order chi connectivity index (χ0) is 20.4. The molecule has 0 aliphatic carbocycles. The van der Waals surface area contributed by atoms with Gasteiger partial charge in [0.05, 0.1) is 19.2 Å². The smallest absolute Gasteiger partial charge is 0.243 e. The lowest BCUT2D eigenvalue weighted by Gasteiger charge is -2.09. The molecule has 0 saturated heterocycles. The molecule has 0 spiro atoms. The Labute approximate surface area is 176 Å². The third-order valence-corrected chi connectivity index (χ3v) is 5.29. The van der Waals surface area contributed by atoms with E-state index in [2.05, 4.69) is 26.6 Å². The summed E-state index contributed by atoms with van der Waals surface area (Å²) in [6.45, 7) is 1.82. The maximum Gasteiger partial charge on any atom is 0.243 e. The zero-order valence-electron chi connectivity index (χ0n) is 15.8. The van der Waals surface area contributed by atoms with Gasteiger partial charge in [0.2, 0.25) is 11.8 Å². The predicted molar refractivity (Wildman–Crippen MR) is 118 cm³/mol. The van der Waals surface area contributed by atoms with Crippen LogP contribution < -0.4 is 10.6 Å². The summed E-state index contributed by atoms with van der Waals surface area (Å²) in [6, 6.07) is 17.5. The molecule has 0 aliphatic heterocycles. The number of fused-ring (bicyclic) bond motifs is 3. The number of carbonyl (C=O) groups is 2. The lowest BCUT2D eigenvalue weighted by molar-refractivity contribution is -0.123. The number of nitrogens with one attached hydrogen (secondary N) is 2. The Hall–Kier alpha value is -3.12. The van der Waals surface area contributed by atoms with Gasteiger partial charge in [-0.2, -0.15) is 0 Å². The fraction of sp³-hybridized carbons (Fsp3) is 0.130. The normalized spacial score (nSPS) is 11.0. The second-order valence-electron chi connectivity index (χ2n) is 6.88. The molecule has 4 aromatic rings. The van der Waals surface area contributed by atoms with E-state index in [-0.39, 0.29) is 24.8 Å². The van der Waals surface area contributed by atoms with Crippen LogP contribution in [0.5, 0.6) is 0 Å². The molecule has 0 unspecified atom stereocenters. The first-order valence-electron chi connectivity index (χ1n) is 9.22. The predicted octanol–water partition coefficient (Wildman–Crippen LogP) is 4.95. The highest BCUT2D eigenvalue weighted by Gasteiger charge is 2.14. The van der Waals surface area contributed by atoms with Gasteiger partial charge in [0, 0.05) is 21.1 Å². The van der Waals surface area contributed by atoms with Gasteiger partial charge >= 0.3 is 0 Å². The topological polar surface area (TPSA) is 71.3 Å². The molecule has 0 radical (unpaired) electrons. The molecule has 29 heavy (non-hydrogen) atoms. The summed E-state index contributed by atoms with van der Waals surface area (Å²) in [5.74, 6) is -0.505. The maximum absolute atomic E-state index is 12.4. The second kappa shape index (κ2) is 8.09. The van der Waals surface area contributed by atoms with E-state index in [0.29, 0.717) is 0 Å². The Bertz CT molecular complexity index is 1230. The van der Waals surface area contributed by atoms with E-state index >= 15 is 0 Å². The van der Waals surface area contributed by atoms with Gasteiger partial charge in [-0.3, -0.25) is 9.59 Å². The summed E-state index contributed by atoms with van der Waals surface area (Å²) in [4.78, 5) is 24.6. The van der Waals surface area contributed by atoms with E-state index in [1.165, 1.54) is 0 Å². The Morgan fingerprint density at radius 3 is 2.69 bits per heavy atom. The standard InChI is InChI=1S/C23H19BrN2O3/c1-14-10-17(24)7-8-19(14)26-22(28)12-25-21(27)11-16-13-29-20-9-6-15-4-2-3-5-18(15)23(16)20/h2-10,13H,11-12H2,1H3,(H,25,27)(H,26,28). The van der Waals surface area contributed by atoms with Crippen LogP contribution in [-0.4, -0.2) is 18.4 Å². The molecular weight excluding hydrogens is 432 g/mol. The molecular formula is C23H19BrN2O3. The first-order chi connectivity index (χ1) is 14.0. The molecule has 0 bridgehead atoms. The van der Waals surface area contributed by atoms with Crippen LogP contribution in [0.25, 0.3) is 21.7 Å². The van der Waals surface area contributed by atoms with Crippen molar-refractivity contribution in [1.29, 1.82) is 0 Å². The summed E-state index contributed by atoms with van der Waals surface area (Å²) in [5.41, 5.74) is 3.21. The minimum atomic E-state index is -0.272. The number of rotatable bonds is 5. The van der Waals surface area contributed by atoms with Crippen LogP contribution in [0.15, 0.2) is 69.8 Å². The van der Waals surface area contributed by atoms with Gasteiger partial charge < -0.3 is 15.1 Å². The minimum absolute atomic E-state index is 0.0924. The Morgan fingerprint density at radius 2 is 1.86 bits per heavy atom. The molecule has 3 aromatic carbocycles. The van der Waals surface area contributed by atoms with Crippen molar-refractivity contribution in [3.8, 4) is 0 Å². The molecule has 1 heterocycles. The van der Waals surface area contributed by atoms with Crippen molar-refractivity contribution in [1.82, 2.24) is 5.32 Å². The van der Waals surface area contributed by atoms with E-state index in [4.69, 9.17) is 4.42 Å². The number of benzene rings is 3. The van der Waals surface area contributed by atoms with Crippen LogP contribution in [0.1, 0.15) is 11.1 Å². The van der Waals surface area contributed by atoms with Gasteiger partial charge in [-0.15, -0.1) is 0 Å². The third kappa shape index (κ3) is 4.17. The largest absolute Gasteiger partial charge is 0.464 e. The summed E-state index contributed by atoms with van der Waals surface area (Å²) in [6.07, 6.45) is 1.76. The maximum atomic E-state index is 12.4. The highest BCUT2D eigenvalue weighted by molar-refractivity contribution is 9.10. The van der Waals surface area contributed by atoms with E-state index in [1.54, 1.807) is 6.26 Å². The number of hydrogen-bond acceptors (Lipinski definition) is 3. The van der Waals surface area contributed by atoms with Crippen LogP contribution >= 0.6 is 15.9 Å². The Kier molecular flexibility index (Phi) is 5.36. The van der Waals surface area contributed by atoms with Gasteiger partial charge in [0.1, 0.15) is 5.58 Å². The van der Waals surface area contributed by atoms with Crippen LogP contribution in [-0.2, 0) is 16.0 Å². The third-order valence-electron chi connectivity index (χ3n) is 4.80. The summed E-state index contributed by atoms with van der Waals surface area (Å²) in [5, 5.41) is 8.57. The number of amides is 2. The quantitative estimate of drug-likeness (QED) is 0.451. The molecule has 5 nitrogen and oxygen atoms in total. The molecule has 6 heteroatoms. The van der Waals surface area contributed by atoms with Crippen molar-refractivity contribution in [3.05, 3.63) is 76.5 Å². The van der Waals surface area contributed by atoms with Crippen LogP contribution in [0.4, 0.5) is 5.69 Å². The van der Waals surface area contributed by atoms with Crippen molar-refractivity contribution in [2.75, 3.05) is 11.9 Å². The van der Waals surface area contributed by atoms with E-state index in [0.717, 1.165) is 43.0 Å². The molecule has 1 aromatic heterocycles. The molecule has 2 N–H and O–H groups in total. The zero-order valence-corrected chi connectivity index (χ0v) is 17.4. The highest BCUT2D eigenvalue weighted by atomic mass is 79.9. The molecule has 4 rings (SSSR count). The molecule has 146 valence electrons. The lowest BCUT2D eigenvalue weighted by Crippen LogP contribution is -2.33. The average molecular weight is 451 g/mol. The molecule has 0 saturated carbocycles. The number of aryl methyl sites for hydroxylation is 1. The monoisotopic (exact) mass is 450 g/mol. The molecule has 0 aliphatic rings. The number of halogens is 1. The molecule has 0 atom stereocenters. The lowest BCUT2D eigenvalue weighted by atomic mass is 10.0. The van der Waals surface area contributed by atoms with Gasteiger partial charge in [-0.25, -0.2) is 0 Å². The van der Waals surface area contributed by atoms with E-state index in [9.17, 15) is 9.59 Å². The van der Waals surface area contributed by atoms with Gasteiger partial charge in [-0.1, -0.05) is 46.3 Å². The van der Waals surface area contributed by atoms with Gasteiger partial charge in [0.15, 0.2) is 0 Å². The number of hydrogen-bond donors (Lipinski definition) is 2. The highest BCUT2D eigenvalue weighted by Crippen LogP contribution is 2.30. The number of anilines is 1. The first kappa shape index (κ1) is 19.2. The fourth-order valence-corrected chi connectivity index (χ4v) is 3.86. The van der Waals surface area contributed by atoms with Gasteiger partial charge in [0.25, 0.3) is 0 Å². The van der Waals surface area contributed by atoms with Crippen molar-refractivity contribution >= 4 is 55.2 Å². The summed E-state index contributed by atoms with van der Waals surface area (Å²) < 4.78 is 6.57. The van der Waals surface area contributed by atoms with Crippen molar-refractivity contribution in [3.63, 3.8) is 0 Å². The fourth-order valence-electron chi connectivity index (χ4n) is 3.38. The Balaban J connectivity index is 1.42. The van der Waals surface area contributed by atoms with Crippen molar-refractivity contribution < 1.29 is 14.0 Å². The first-order valence-corrected chi connectivity index (χ1v) is 10.0.